The van der Waals surface area contributed by atoms with Gasteiger partial charge in [-0.15, -0.1) is 0 Å². The number of nitrogens with zero attached hydrogens (tertiary/aromatic N) is 3. The molecule has 0 saturated carbocycles. The molecule has 1 N–H and O–H groups in total. The van der Waals surface area contributed by atoms with Crippen LogP contribution >= 0.6 is 0 Å². The number of hydrogen-bond donors (Lipinski definition) is 1. The van der Waals surface area contributed by atoms with Crippen molar-refractivity contribution in [3.05, 3.63) is 41.9 Å². The fourth-order valence-corrected chi connectivity index (χ4v) is 2.20. The molecule has 1 atom stereocenters. The van der Waals surface area contributed by atoms with Crippen LogP contribution in [0, 0.1) is 6.92 Å². The number of aryl methyl sites for hydroxylation is 1. The Labute approximate surface area is 94.3 Å². The molecular formula is C12H14N4. The molecule has 82 valence electrons. The van der Waals surface area contributed by atoms with Gasteiger partial charge in [0, 0.05) is 18.3 Å². The molecule has 0 amide bonds. The Bertz CT molecular complexity index is 489. The van der Waals surface area contributed by atoms with Crippen molar-refractivity contribution >= 4 is 5.82 Å². The van der Waals surface area contributed by atoms with Crippen LogP contribution < -0.4 is 5.32 Å². The lowest BCUT2D eigenvalue weighted by molar-refractivity contribution is 0.471. The van der Waals surface area contributed by atoms with E-state index in [9.17, 15) is 0 Å². The van der Waals surface area contributed by atoms with E-state index < -0.39 is 0 Å². The summed E-state index contributed by atoms with van der Waals surface area (Å²) in [6.07, 6.45) is 4.78. The Kier molecular flexibility index (Phi) is 2.13. The Hall–Kier alpha value is -1.84. The minimum absolute atomic E-state index is 0.270. The standard InChI is InChI=1S/C12H14N4/c1-9-8-15-16-11(5-7-14-12(9)16)10-4-2-3-6-13-10/h2-4,6,8,11,14H,5,7H2,1H3. The first-order chi connectivity index (χ1) is 7.86. The van der Waals surface area contributed by atoms with E-state index in [-0.39, 0.29) is 6.04 Å². The van der Waals surface area contributed by atoms with Crippen LogP contribution in [0.1, 0.15) is 23.7 Å². The third kappa shape index (κ3) is 1.38. The molecule has 0 fully saturated rings. The summed E-state index contributed by atoms with van der Waals surface area (Å²) in [4.78, 5) is 4.42. The Morgan fingerprint density at radius 1 is 1.44 bits per heavy atom. The number of fused-ring (bicyclic) bond motifs is 1. The molecule has 2 aromatic rings. The molecule has 4 nitrogen and oxygen atoms in total. The van der Waals surface area contributed by atoms with E-state index in [1.807, 2.05) is 29.2 Å². The molecule has 4 heteroatoms. The van der Waals surface area contributed by atoms with Crippen molar-refractivity contribution in [1.82, 2.24) is 14.8 Å². The van der Waals surface area contributed by atoms with E-state index in [4.69, 9.17) is 0 Å². The van der Waals surface area contributed by atoms with Crippen molar-refractivity contribution in [2.24, 2.45) is 0 Å². The van der Waals surface area contributed by atoms with Gasteiger partial charge in [0.25, 0.3) is 0 Å². The fourth-order valence-electron chi connectivity index (χ4n) is 2.20. The summed E-state index contributed by atoms with van der Waals surface area (Å²) in [6, 6.07) is 6.31. The highest BCUT2D eigenvalue weighted by Crippen LogP contribution is 2.29. The van der Waals surface area contributed by atoms with Gasteiger partial charge in [0.15, 0.2) is 0 Å². The molecule has 0 aromatic carbocycles. The van der Waals surface area contributed by atoms with E-state index in [1.165, 1.54) is 5.56 Å². The van der Waals surface area contributed by atoms with Crippen LogP contribution in [0.2, 0.25) is 0 Å². The van der Waals surface area contributed by atoms with Crippen LogP contribution in [0.4, 0.5) is 5.82 Å². The number of pyridine rings is 1. The van der Waals surface area contributed by atoms with E-state index in [2.05, 4.69) is 28.4 Å². The molecule has 16 heavy (non-hydrogen) atoms. The zero-order valence-electron chi connectivity index (χ0n) is 9.22. The topological polar surface area (TPSA) is 42.7 Å². The van der Waals surface area contributed by atoms with Crippen molar-refractivity contribution in [1.29, 1.82) is 0 Å². The first kappa shape index (κ1) is 9.39. The van der Waals surface area contributed by atoms with Crippen LogP contribution in [-0.4, -0.2) is 21.3 Å². The number of anilines is 1. The molecule has 0 saturated heterocycles. The fraction of sp³-hybridized carbons (Fsp3) is 0.333. The molecule has 1 unspecified atom stereocenters. The van der Waals surface area contributed by atoms with Gasteiger partial charge < -0.3 is 5.32 Å². The number of aromatic nitrogens is 3. The van der Waals surface area contributed by atoms with Crippen LogP contribution in [0.5, 0.6) is 0 Å². The van der Waals surface area contributed by atoms with E-state index >= 15 is 0 Å². The van der Waals surface area contributed by atoms with E-state index in [0.29, 0.717) is 0 Å². The molecule has 1 aliphatic heterocycles. The second-order valence-corrected chi connectivity index (χ2v) is 4.11. The Morgan fingerprint density at radius 2 is 2.38 bits per heavy atom. The summed E-state index contributed by atoms with van der Waals surface area (Å²) in [5, 5.41) is 7.81. The zero-order valence-corrected chi connectivity index (χ0v) is 9.22. The maximum absolute atomic E-state index is 4.43. The zero-order chi connectivity index (χ0) is 11.0. The maximum atomic E-state index is 4.43. The van der Waals surface area contributed by atoms with Gasteiger partial charge in [0.1, 0.15) is 5.82 Å². The monoisotopic (exact) mass is 214 g/mol. The highest BCUT2D eigenvalue weighted by molar-refractivity contribution is 5.45. The van der Waals surface area contributed by atoms with Crippen LogP contribution in [0.15, 0.2) is 30.6 Å². The van der Waals surface area contributed by atoms with Gasteiger partial charge >= 0.3 is 0 Å². The lowest BCUT2D eigenvalue weighted by Gasteiger charge is -2.25. The third-order valence-electron chi connectivity index (χ3n) is 3.01. The molecule has 3 heterocycles. The predicted octanol–water partition coefficient (Wildman–Crippen LogP) is 1.99. The molecule has 0 bridgehead atoms. The summed E-state index contributed by atoms with van der Waals surface area (Å²) in [5.74, 6) is 1.13. The highest BCUT2D eigenvalue weighted by Gasteiger charge is 2.23. The normalized spacial score (nSPS) is 18.9. The van der Waals surface area contributed by atoms with Crippen LogP contribution in [0.3, 0.4) is 0 Å². The molecule has 0 aliphatic carbocycles. The third-order valence-corrected chi connectivity index (χ3v) is 3.01. The second kappa shape index (κ2) is 3.63. The van der Waals surface area contributed by atoms with E-state index in [0.717, 1.165) is 24.5 Å². The highest BCUT2D eigenvalue weighted by atomic mass is 15.4. The Balaban J connectivity index is 2.05. The van der Waals surface area contributed by atoms with Crippen molar-refractivity contribution < 1.29 is 0 Å². The largest absolute Gasteiger partial charge is 0.370 e. The summed E-state index contributed by atoms with van der Waals surface area (Å²) in [6.45, 7) is 3.06. The van der Waals surface area contributed by atoms with Gasteiger partial charge in [-0.25, -0.2) is 4.68 Å². The predicted molar refractivity (Wildman–Crippen MR) is 62.4 cm³/mol. The smallest absolute Gasteiger partial charge is 0.127 e. The van der Waals surface area contributed by atoms with Gasteiger partial charge in [0.2, 0.25) is 0 Å². The van der Waals surface area contributed by atoms with Gasteiger partial charge in [-0.1, -0.05) is 6.07 Å². The summed E-state index contributed by atoms with van der Waals surface area (Å²) >= 11 is 0. The van der Waals surface area contributed by atoms with Crippen LogP contribution in [0.25, 0.3) is 0 Å². The number of hydrogen-bond acceptors (Lipinski definition) is 3. The minimum atomic E-state index is 0.270. The molecule has 2 aromatic heterocycles. The van der Waals surface area contributed by atoms with Gasteiger partial charge in [-0.3, -0.25) is 4.98 Å². The number of rotatable bonds is 1. The van der Waals surface area contributed by atoms with Gasteiger partial charge in [0.05, 0.1) is 17.9 Å². The summed E-state index contributed by atoms with van der Waals surface area (Å²) in [5.41, 5.74) is 2.29. The quantitative estimate of drug-likeness (QED) is 0.789. The van der Waals surface area contributed by atoms with Gasteiger partial charge in [-0.05, 0) is 25.5 Å². The lowest BCUT2D eigenvalue weighted by atomic mass is 10.1. The molecule has 1 aliphatic rings. The summed E-state index contributed by atoms with van der Waals surface area (Å²) < 4.78 is 2.04. The van der Waals surface area contributed by atoms with Crippen molar-refractivity contribution in [3.8, 4) is 0 Å². The first-order valence-corrected chi connectivity index (χ1v) is 5.55. The van der Waals surface area contributed by atoms with E-state index in [1.54, 1.807) is 0 Å². The minimum Gasteiger partial charge on any atom is -0.370 e. The van der Waals surface area contributed by atoms with Gasteiger partial charge in [-0.2, -0.15) is 5.10 Å². The van der Waals surface area contributed by atoms with Crippen molar-refractivity contribution in [3.63, 3.8) is 0 Å². The average Bonchev–Trinajstić information content (AvgIpc) is 2.73. The second-order valence-electron chi connectivity index (χ2n) is 4.11. The molecule has 0 radical (unpaired) electrons. The molecule has 0 spiro atoms. The molecular weight excluding hydrogens is 200 g/mol. The van der Waals surface area contributed by atoms with Crippen molar-refractivity contribution in [2.75, 3.05) is 11.9 Å². The average molecular weight is 214 g/mol. The first-order valence-electron chi connectivity index (χ1n) is 5.55. The molecule has 3 rings (SSSR count). The Morgan fingerprint density at radius 3 is 3.19 bits per heavy atom. The number of nitrogens with one attached hydrogen (secondary N) is 1. The SMILES string of the molecule is Cc1cnn2c1NCCC2c1ccccn1. The maximum Gasteiger partial charge on any atom is 0.127 e. The lowest BCUT2D eigenvalue weighted by Crippen LogP contribution is -2.25. The van der Waals surface area contributed by atoms with Crippen LogP contribution in [-0.2, 0) is 0 Å². The summed E-state index contributed by atoms with van der Waals surface area (Å²) in [7, 11) is 0. The van der Waals surface area contributed by atoms with Crippen molar-refractivity contribution in [2.45, 2.75) is 19.4 Å².